The Labute approximate surface area is 128 Å². The van der Waals surface area contributed by atoms with Crippen molar-refractivity contribution in [2.45, 2.75) is 32.1 Å². The zero-order chi connectivity index (χ0) is 16.2. The molecule has 7 heteroatoms. The third kappa shape index (κ3) is 4.18. The number of piperazine rings is 1. The molecule has 1 aliphatic rings. The topological polar surface area (TPSA) is 39.6 Å². The maximum atomic E-state index is 13.0. The van der Waals surface area contributed by atoms with Crippen LogP contribution in [0.2, 0.25) is 0 Å². The Kier molecular flexibility index (Phi) is 5.77. The first-order chi connectivity index (χ1) is 10.5. The van der Waals surface area contributed by atoms with E-state index in [9.17, 15) is 18.3 Å². The van der Waals surface area contributed by atoms with Gasteiger partial charge in [-0.1, -0.05) is 6.92 Å². The molecule has 2 rings (SSSR count). The van der Waals surface area contributed by atoms with Gasteiger partial charge in [0.1, 0.15) is 0 Å². The number of halogens is 3. The van der Waals surface area contributed by atoms with Crippen molar-refractivity contribution < 1.29 is 18.3 Å². The van der Waals surface area contributed by atoms with Crippen LogP contribution in [0.1, 0.15) is 24.6 Å². The van der Waals surface area contributed by atoms with Gasteiger partial charge >= 0.3 is 6.18 Å². The summed E-state index contributed by atoms with van der Waals surface area (Å²) in [5.41, 5.74) is -0.572. The highest BCUT2D eigenvalue weighted by atomic mass is 19.4. The molecule has 1 aromatic rings. The maximum Gasteiger partial charge on any atom is 0.418 e. The molecule has 1 fully saturated rings. The van der Waals surface area contributed by atoms with Gasteiger partial charge in [-0.15, -0.1) is 0 Å². The third-order valence-corrected chi connectivity index (χ3v) is 4.17. The molecule has 124 valence electrons. The lowest BCUT2D eigenvalue weighted by Gasteiger charge is -2.38. The van der Waals surface area contributed by atoms with Crippen LogP contribution in [0.4, 0.5) is 13.2 Å². The fourth-order valence-corrected chi connectivity index (χ4v) is 2.82. The SMILES string of the molecule is CCC(CO)N1CCN(Cc2ncccc2C(F)(F)F)CC1. The average molecular weight is 317 g/mol. The zero-order valence-electron chi connectivity index (χ0n) is 12.7. The minimum atomic E-state index is -4.37. The van der Waals surface area contributed by atoms with Crippen molar-refractivity contribution in [3.63, 3.8) is 0 Å². The van der Waals surface area contributed by atoms with Gasteiger partial charge in [-0.2, -0.15) is 13.2 Å². The van der Waals surface area contributed by atoms with E-state index < -0.39 is 11.7 Å². The molecule has 0 aliphatic carbocycles. The number of rotatable bonds is 5. The smallest absolute Gasteiger partial charge is 0.395 e. The summed E-state index contributed by atoms with van der Waals surface area (Å²) in [6.07, 6.45) is -2.09. The molecule has 1 N–H and O–H groups in total. The van der Waals surface area contributed by atoms with Crippen molar-refractivity contribution in [2.24, 2.45) is 0 Å². The Balaban J connectivity index is 1.97. The predicted molar refractivity (Wildman–Crippen MR) is 77.3 cm³/mol. The van der Waals surface area contributed by atoms with Crippen molar-refractivity contribution in [3.05, 3.63) is 29.6 Å². The first-order valence-corrected chi connectivity index (χ1v) is 7.54. The summed E-state index contributed by atoms with van der Waals surface area (Å²) in [6, 6.07) is 2.54. The molecule has 2 heterocycles. The van der Waals surface area contributed by atoms with Crippen molar-refractivity contribution in [2.75, 3.05) is 32.8 Å². The summed E-state index contributed by atoms with van der Waals surface area (Å²) in [6.45, 7) is 5.24. The lowest BCUT2D eigenvalue weighted by atomic mass is 10.1. The van der Waals surface area contributed by atoms with Gasteiger partial charge in [0.25, 0.3) is 0 Å². The third-order valence-electron chi connectivity index (χ3n) is 4.17. The standard InChI is InChI=1S/C15H22F3N3O/c1-2-12(11-22)21-8-6-20(7-9-21)10-14-13(15(16,17)18)4-3-5-19-14/h3-5,12,22H,2,6-11H2,1H3. The fourth-order valence-electron chi connectivity index (χ4n) is 2.82. The number of pyridine rings is 1. The van der Waals surface area contributed by atoms with Crippen LogP contribution in [-0.4, -0.2) is 58.7 Å². The van der Waals surface area contributed by atoms with E-state index in [1.165, 1.54) is 12.3 Å². The molecule has 0 amide bonds. The summed E-state index contributed by atoms with van der Waals surface area (Å²) in [5.74, 6) is 0. The van der Waals surface area contributed by atoms with Crippen LogP contribution in [0.15, 0.2) is 18.3 Å². The summed E-state index contributed by atoms with van der Waals surface area (Å²) in [5, 5.41) is 9.32. The molecule has 4 nitrogen and oxygen atoms in total. The second-order valence-electron chi connectivity index (χ2n) is 5.55. The highest BCUT2D eigenvalue weighted by Crippen LogP contribution is 2.31. The van der Waals surface area contributed by atoms with Crippen molar-refractivity contribution in [3.8, 4) is 0 Å². The Hall–Kier alpha value is -1.18. The van der Waals surface area contributed by atoms with E-state index in [0.717, 1.165) is 25.6 Å². The molecule has 0 saturated carbocycles. The molecule has 1 aliphatic heterocycles. The highest BCUT2D eigenvalue weighted by Gasteiger charge is 2.34. The molecule has 0 radical (unpaired) electrons. The van der Waals surface area contributed by atoms with Crippen molar-refractivity contribution >= 4 is 0 Å². The van der Waals surface area contributed by atoms with Crippen LogP contribution >= 0.6 is 0 Å². The van der Waals surface area contributed by atoms with Gasteiger partial charge in [-0.25, -0.2) is 0 Å². The summed E-state index contributed by atoms with van der Waals surface area (Å²) >= 11 is 0. The van der Waals surface area contributed by atoms with Crippen LogP contribution in [0.25, 0.3) is 0 Å². The summed E-state index contributed by atoms with van der Waals surface area (Å²) in [4.78, 5) is 8.09. The molecule has 1 atom stereocenters. The highest BCUT2D eigenvalue weighted by molar-refractivity contribution is 5.23. The molecular weight excluding hydrogens is 295 g/mol. The molecule has 1 saturated heterocycles. The Bertz CT molecular complexity index is 469. The molecule has 1 aromatic heterocycles. The van der Waals surface area contributed by atoms with Gasteiger partial charge in [-0.05, 0) is 18.6 Å². The molecular formula is C15H22F3N3O. The number of aliphatic hydroxyl groups is 1. The van der Waals surface area contributed by atoms with Gasteiger partial charge < -0.3 is 5.11 Å². The van der Waals surface area contributed by atoms with E-state index in [4.69, 9.17) is 0 Å². The van der Waals surface area contributed by atoms with Crippen LogP contribution in [0.3, 0.4) is 0 Å². The van der Waals surface area contributed by atoms with E-state index >= 15 is 0 Å². The quantitative estimate of drug-likeness (QED) is 0.901. The second kappa shape index (κ2) is 7.39. The van der Waals surface area contributed by atoms with Crippen molar-refractivity contribution in [1.29, 1.82) is 0 Å². The predicted octanol–water partition coefficient (Wildman–Crippen LogP) is 1.99. The van der Waals surface area contributed by atoms with E-state index in [1.807, 2.05) is 11.8 Å². The molecule has 1 unspecified atom stereocenters. The molecule has 0 bridgehead atoms. The van der Waals surface area contributed by atoms with E-state index in [-0.39, 0.29) is 24.9 Å². The van der Waals surface area contributed by atoms with Crippen LogP contribution in [-0.2, 0) is 12.7 Å². The zero-order valence-corrected chi connectivity index (χ0v) is 12.7. The van der Waals surface area contributed by atoms with Crippen LogP contribution < -0.4 is 0 Å². The minimum absolute atomic E-state index is 0.0812. The number of alkyl halides is 3. The number of aromatic nitrogens is 1. The lowest BCUT2D eigenvalue weighted by molar-refractivity contribution is -0.138. The molecule has 22 heavy (non-hydrogen) atoms. The van der Waals surface area contributed by atoms with Crippen LogP contribution in [0.5, 0.6) is 0 Å². The van der Waals surface area contributed by atoms with Gasteiger partial charge in [0.2, 0.25) is 0 Å². The number of aliphatic hydroxyl groups excluding tert-OH is 1. The maximum absolute atomic E-state index is 13.0. The van der Waals surface area contributed by atoms with Gasteiger partial charge in [-0.3, -0.25) is 14.8 Å². The Morgan fingerprint density at radius 3 is 2.50 bits per heavy atom. The fraction of sp³-hybridized carbons (Fsp3) is 0.667. The summed E-state index contributed by atoms with van der Waals surface area (Å²) in [7, 11) is 0. The van der Waals surface area contributed by atoms with Gasteiger partial charge in [0.05, 0.1) is 17.9 Å². The Morgan fingerprint density at radius 1 is 1.27 bits per heavy atom. The van der Waals surface area contributed by atoms with E-state index in [1.54, 1.807) is 0 Å². The normalized spacial score (nSPS) is 19.3. The van der Waals surface area contributed by atoms with E-state index in [2.05, 4.69) is 9.88 Å². The van der Waals surface area contributed by atoms with Gasteiger partial charge in [0.15, 0.2) is 0 Å². The van der Waals surface area contributed by atoms with E-state index in [0.29, 0.717) is 13.1 Å². The molecule has 0 spiro atoms. The minimum Gasteiger partial charge on any atom is -0.395 e. The number of hydrogen-bond donors (Lipinski definition) is 1. The van der Waals surface area contributed by atoms with Crippen molar-refractivity contribution in [1.82, 2.24) is 14.8 Å². The first-order valence-electron chi connectivity index (χ1n) is 7.54. The second-order valence-corrected chi connectivity index (χ2v) is 5.55. The molecule has 0 aromatic carbocycles. The lowest BCUT2D eigenvalue weighted by Crippen LogP contribution is -2.51. The Morgan fingerprint density at radius 2 is 1.95 bits per heavy atom. The van der Waals surface area contributed by atoms with Crippen LogP contribution in [0, 0.1) is 0 Å². The average Bonchev–Trinajstić information content (AvgIpc) is 2.50. The number of hydrogen-bond acceptors (Lipinski definition) is 4. The monoisotopic (exact) mass is 317 g/mol. The largest absolute Gasteiger partial charge is 0.418 e. The number of nitrogens with zero attached hydrogens (tertiary/aromatic N) is 3. The first kappa shape index (κ1) is 17.2. The van der Waals surface area contributed by atoms with Gasteiger partial charge in [0, 0.05) is 45.0 Å². The summed E-state index contributed by atoms with van der Waals surface area (Å²) < 4.78 is 38.9.